The van der Waals surface area contributed by atoms with Crippen LogP contribution in [0.5, 0.6) is 0 Å². The summed E-state index contributed by atoms with van der Waals surface area (Å²) in [5.74, 6) is 0. The first-order valence-corrected chi connectivity index (χ1v) is 2.68. The molecule has 0 aliphatic rings. The summed E-state index contributed by atoms with van der Waals surface area (Å²) < 4.78 is 33.9. The predicted octanol–water partition coefficient (Wildman–Crippen LogP) is 1.62. The zero-order valence-electron chi connectivity index (χ0n) is 4.53. The van der Waals surface area contributed by atoms with E-state index in [1.165, 1.54) is 0 Å². The van der Waals surface area contributed by atoms with Crippen LogP contribution in [0.4, 0.5) is 13.2 Å². The van der Waals surface area contributed by atoms with Gasteiger partial charge >= 0.3 is 6.18 Å². The molecule has 1 nitrogen and oxygen atoms in total. The quantitative estimate of drug-likeness (QED) is 0.616. The third-order valence-electron chi connectivity index (χ3n) is 0.655. The minimum atomic E-state index is -4.14. The summed E-state index contributed by atoms with van der Waals surface area (Å²) in [5.41, 5.74) is 4.83. The first-order chi connectivity index (χ1) is 3.92. The van der Waals surface area contributed by atoms with Gasteiger partial charge in [-0.2, -0.15) is 13.2 Å². The van der Waals surface area contributed by atoms with E-state index in [1.54, 1.807) is 0 Å². The van der Waals surface area contributed by atoms with Crippen LogP contribution in [0.25, 0.3) is 0 Å². The molecule has 0 atom stereocenters. The van der Waals surface area contributed by atoms with Crippen molar-refractivity contribution in [3.05, 3.63) is 0 Å². The first kappa shape index (κ1) is 8.68. The van der Waals surface area contributed by atoms with Gasteiger partial charge in [0.15, 0.2) is 0 Å². The van der Waals surface area contributed by atoms with Gasteiger partial charge < -0.3 is 5.73 Å². The van der Waals surface area contributed by atoms with E-state index in [1.807, 2.05) is 0 Å². The lowest BCUT2D eigenvalue weighted by Gasteiger charge is -2.02. The molecule has 0 aromatic heterocycles. The number of nitrogens with two attached hydrogens (primary N) is 1. The molecule has 0 unspecified atom stereocenters. The minimum absolute atomic E-state index is 0.0904. The van der Waals surface area contributed by atoms with Gasteiger partial charge in [-0.3, -0.25) is 0 Å². The normalized spacial score (nSPS) is 11.4. The molecule has 0 spiro atoms. The lowest BCUT2D eigenvalue weighted by atomic mass is 10.3. The predicted molar refractivity (Wildman–Crippen MR) is 32.1 cm³/mol. The maximum Gasteiger partial charge on any atom is 0.389 e. The van der Waals surface area contributed by atoms with Gasteiger partial charge in [0.05, 0.1) is 4.99 Å². The zero-order chi connectivity index (χ0) is 7.49. The van der Waals surface area contributed by atoms with Crippen LogP contribution in [-0.2, 0) is 0 Å². The molecule has 0 radical (unpaired) electrons. The van der Waals surface area contributed by atoms with Crippen molar-refractivity contribution in [1.29, 1.82) is 0 Å². The number of halogens is 3. The van der Waals surface area contributed by atoms with E-state index in [2.05, 4.69) is 12.2 Å². The summed E-state index contributed by atoms with van der Waals surface area (Å²) in [6.45, 7) is 0. The summed E-state index contributed by atoms with van der Waals surface area (Å²) in [4.78, 5) is -0.0904. The molecule has 9 heavy (non-hydrogen) atoms. The Morgan fingerprint density at radius 3 is 2.00 bits per heavy atom. The molecule has 0 amide bonds. The van der Waals surface area contributed by atoms with Crippen LogP contribution >= 0.6 is 12.2 Å². The Morgan fingerprint density at radius 1 is 1.44 bits per heavy atom. The molecule has 0 aromatic rings. The van der Waals surface area contributed by atoms with Gasteiger partial charge in [-0.15, -0.1) is 0 Å². The van der Waals surface area contributed by atoms with Crippen LogP contribution in [0.15, 0.2) is 0 Å². The molecule has 54 valence electrons. The number of alkyl halides is 3. The molecule has 2 N–H and O–H groups in total. The second-order valence-corrected chi connectivity index (χ2v) is 2.11. The largest absolute Gasteiger partial charge is 0.393 e. The Morgan fingerprint density at radius 2 is 1.89 bits per heavy atom. The fourth-order valence-corrected chi connectivity index (χ4v) is 0.367. The van der Waals surface area contributed by atoms with Crippen molar-refractivity contribution in [2.24, 2.45) is 5.73 Å². The van der Waals surface area contributed by atoms with Crippen molar-refractivity contribution in [1.82, 2.24) is 0 Å². The number of hydrogen-bond acceptors (Lipinski definition) is 1. The highest BCUT2D eigenvalue weighted by molar-refractivity contribution is 7.80. The van der Waals surface area contributed by atoms with Crippen molar-refractivity contribution in [2.45, 2.75) is 19.0 Å². The Bertz CT molecular complexity index is 109. The third-order valence-corrected chi connectivity index (χ3v) is 0.859. The zero-order valence-corrected chi connectivity index (χ0v) is 5.35. The molecule has 0 saturated heterocycles. The van der Waals surface area contributed by atoms with E-state index in [-0.39, 0.29) is 11.4 Å². The van der Waals surface area contributed by atoms with Crippen LogP contribution in [0.1, 0.15) is 12.8 Å². The Labute approximate surface area is 56.0 Å². The highest BCUT2D eigenvalue weighted by atomic mass is 32.1. The maximum atomic E-state index is 11.3. The topological polar surface area (TPSA) is 26.0 Å². The Balaban J connectivity index is 3.39. The molecule has 0 heterocycles. The number of rotatable bonds is 2. The summed E-state index contributed by atoms with van der Waals surface area (Å²) >= 11 is 4.24. The van der Waals surface area contributed by atoms with E-state index in [9.17, 15) is 13.2 Å². The van der Waals surface area contributed by atoms with Crippen molar-refractivity contribution in [3.8, 4) is 0 Å². The SMILES string of the molecule is NC(=S)CCC(F)(F)F. The molecule has 0 fully saturated rings. The Kier molecular flexibility index (Phi) is 2.90. The molecule has 0 aromatic carbocycles. The average Bonchev–Trinajstić information content (AvgIpc) is 1.59. The van der Waals surface area contributed by atoms with E-state index in [0.717, 1.165) is 0 Å². The molecule has 0 aliphatic carbocycles. The van der Waals surface area contributed by atoms with Crippen LogP contribution < -0.4 is 5.73 Å². The second kappa shape index (κ2) is 3.00. The summed E-state index contributed by atoms with van der Waals surface area (Å²) in [6.07, 6.45) is -5.30. The van der Waals surface area contributed by atoms with Crippen molar-refractivity contribution < 1.29 is 13.2 Å². The van der Waals surface area contributed by atoms with Crippen LogP contribution in [-0.4, -0.2) is 11.2 Å². The summed E-state index contributed by atoms with van der Waals surface area (Å²) in [5, 5.41) is 0. The molecule has 0 rings (SSSR count). The van der Waals surface area contributed by atoms with E-state index < -0.39 is 12.6 Å². The lowest BCUT2D eigenvalue weighted by molar-refractivity contribution is -0.132. The standard InChI is InChI=1S/C4H6F3NS/c5-4(6,7)2-1-3(8)9/h1-2H2,(H2,8,9). The van der Waals surface area contributed by atoms with Gasteiger partial charge in [-0.1, -0.05) is 12.2 Å². The molecule has 0 aliphatic heterocycles. The molecular weight excluding hydrogens is 151 g/mol. The van der Waals surface area contributed by atoms with Gasteiger partial charge in [0, 0.05) is 12.8 Å². The lowest BCUT2D eigenvalue weighted by Crippen LogP contribution is -2.14. The van der Waals surface area contributed by atoms with Crippen LogP contribution in [0.2, 0.25) is 0 Å². The van der Waals surface area contributed by atoms with Crippen LogP contribution in [0, 0.1) is 0 Å². The molecule has 0 bridgehead atoms. The Hall–Kier alpha value is -0.320. The maximum absolute atomic E-state index is 11.3. The van der Waals surface area contributed by atoms with Crippen LogP contribution in [0.3, 0.4) is 0 Å². The van der Waals surface area contributed by atoms with Gasteiger partial charge in [0.25, 0.3) is 0 Å². The minimum Gasteiger partial charge on any atom is -0.393 e. The van der Waals surface area contributed by atoms with Crippen molar-refractivity contribution in [2.75, 3.05) is 0 Å². The molecule has 0 saturated carbocycles. The first-order valence-electron chi connectivity index (χ1n) is 2.27. The van der Waals surface area contributed by atoms with Gasteiger partial charge in [0.2, 0.25) is 0 Å². The highest BCUT2D eigenvalue weighted by Crippen LogP contribution is 2.20. The summed E-state index contributed by atoms with van der Waals surface area (Å²) in [7, 11) is 0. The second-order valence-electron chi connectivity index (χ2n) is 1.58. The number of thiocarbonyl (C=S) groups is 1. The van der Waals surface area contributed by atoms with E-state index in [0.29, 0.717) is 0 Å². The average molecular weight is 157 g/mol. The summed E-state index contributed by atoms with van der Waals surface area (Å²) in [6, 6.07) is 0. The molecule has 5 heteroatoms. The fraction of sp³-hybridized carbons (Fsp3) is 0.750. The highest BCUT2D eigenvalue weighted by Gasteiger charge is 2.26. The van der Waals surface area contributed by atoms with E-state index in [4.69, 9.17) is 5.73 Å². The van der Waals surface area contributed by atoms with Crippen molar-refractivity contribution in [3.63, 3.8) is 0 Å². The monoisotopic (exact) mass is 157 g/mol. The van der Waals surface area contributed by atoms with Gasteiger partial charge in [-0.05, 0) is 0 Å². The van der Waals surface area contributed by atoms with Gasteiger partial charge in [-0.25, -0.2) is 0 Å². The van der Waals surface area contributed by atoms with Gasteiger partial charge in [0.1, 0.15) is 0 Å². The fourth-order valence-electron chi connectivity index (χ4n) is 0.265. The van der Waals surface area contributed by atoms with E-state index >= 15 is 0 Å². The number of hydrogen-bond donors (Lipinski definition) is 1. The third kappa shape index (κ3) is 7.68. The van der Waals surface area contributed by atoms with Crippen molar-refractivity contribution >= 4 is 17.2 Å². The smallest absolute Gasteiger partial charge is 0.389 e. The molecular formula is C4H6F3NS.